The van der Waals surface area contributed by atoms with Crippen LogP contribution in [0.3, 0.4) is 0 Å². The van der Waals surface area contributed by atoms with Crippen LogP contribution < -0.4 is 0 Å². The Morgan fingerprint density at radius 3 is 2.56 bits per heavy atom. The summed E-state index contributed by atoms with van der Waals surface area (Å²) in [5, 5.41) is 19.4. The van der Waals surface area contributed by atoms with E-state index in [0.29, 0.717) is 13.2 Å². The first-order valence-electron chi connectivity index (χ1n) is 5.94. The van der Waals surface area contributed by atoms with Gasteiger partial charge in [-0.3, -0.25) is 4.79 Å². The number of carbonyl (C=O) groups is 1. The lowest BCUT2D eigenvalue weighted by molar-refractivity contribution is -0.0388. The minimum Gasteiger partial charge on any atom is -0.507 e. The predicted octanol–water partition coefficient (Wildman–Crippen LogP) is 1.35. The van der Waals surface area contributed by atoms with Gasteiger partial charge in [0.15, 0.2) is 0 Å². The minimum absolute atomic E-state index is 0.0431. The number of aromatic hydroxyl groups is 2. The highest BCUT2D eigenvalue weighted by atomic mass is 16.5. The zero-order chi connectivity index (χ0) is 13.3. The van der Waals surface area contributed by atoms with Gasteiger partial charge in [0.05, 0.1) is 18.8 Å². The van der Waals surface area contributed by atoms with Gasteiger partial charge in [-0.25, -0.2) is 0 Å². The quantitative estimate of drug-likeness (QED) is 0.790. The third-order valence-electron chi connectivity index (χ3n) is 3.10. The highest BCUT2D eigenvalue weighted by Gasteiger charge is 2.30. The highest BCUT2D eigenvalue weighted by molar-refractivity contribution is 5.99. The Labute approximate surface area is 106 Å². The molecule has 1 fully saturated rings. The molecule has 1 saturated heterocycles. The fraction of sp³-hybridized carbons (Fsp3) is 0.462. The van der Waals surface area contributed by atoms with Gasteiger partial charge in [0.25, 0.3) is 5.91 Å². The van der Waals surface area contributed by atoms with Crippen molar-refractivity contribution in [3.63, 3.8) is 0 Å². The molecular formula is C13H17NO4. The van der Waals surface area contributed by atoms with Crippen molar-refractivity contribution in [2.75, 3.05) is 13.2 Å². The number of amides is 1. The summed E-state index contributed by atoms with van der Waals surface area (Å²) >= 11 is 0. The van der Waals surface area contributed by atoms with E-state index >= 15 is 0 Å². The zero-order valence-electron chi connectivity index (χ0n) is 10.5. The first-order chi connectivity index (χ1) is 8.50. The van der Waals surface area contributed by atoms with Gasteiger partial charge < -0.3 is 19.8 Å². The molecule has 2 atom stereocenters. The van der Waals surface area contributed by atoms with Crippen molar-refractivity contribution in [1.82, 2.24) is 4.90 Å². The lowest BCUT2D eigenvalue weighted by Crippen LogP contribution is -2.50. The summed E-state index contributed by atoms with van der Waals surface area (Å²) in [7, 11) is 0. The molecule has 0 aromatic heterocycles. The average Bonchev–Trinajstić information content (AvgIpc) is 2.32. The maximum absolute atomic E-state index is 12.3. The van der Waals surface area contributed by atoms with Crippen LogP contribution in [0.25, 0.3) is 0 Å². The first kappa shape index (κ1) is 12.7. The molecule has 1 aliphatic rings. The Bertz CT molecular complexity index is 440. The average molecular weight is 251 g/mol. The van der Waals surface area contributed by atoms with E-state index in [-0.39, 0.29) is 35.1 Å². The SMILES string of the molecule is CC1CN(C(=O)c2c(O)cccc2O)C(C)CO1. The third kappa shape index (κ3) is 2.26. The van der Waals surface area contributed by atoms with E-state index in [4.69, 9.17) is 4.74 Å². The standard InChI is InChI=1S/C13H17NO4/c1-8-7-18-9(2)6-14(8)13(17)12-10(15)4-3-5-11(12)16/h3-5,8-9,15-16H,6-7H2,1-2H3. The van der Waals surface area contributed by atoms with Crippen molar-refractivity contribution in [2.24, 2.45) is 0 Å². The predicted molar refractivity (Wildman–Crippen MR) is 65.7 cm³/mol. The molecule has 1 aliphatic heterocycles. The summed E-state index contributed by atoms with van der Waals surface area (Å²) in [6, 6.07) is 4.20. The summed E-state index contributed by atoms with van der Waals surface area (Å²) in [6.45, 7) is 4.67. The summed E-state index contributed by atoms with van der Waals surface area (Å²) in [4.78, 5) is 14.0. The van der Waals surface area contributed by atoms with E-state index in [1.807, 2.05) is 13.8 Å². The topological polar surface area (TPSA) is 70.0 Å². The van der Waals surface area contributed by atoms with Crippen molar-refractivity contribution >= 4 is 5.91 Å². The van der Waals surface area contributed by atoms with E-state index in [2.05, 4.69) is 0 Å². The molecule has 2 rings (SSSR count). The van der Waals surface area contributed by atoms with Crippen molar-refractivity contribution in [2.45, 2.75) is 26.0 Å². The summed E-state index contributed by atoms with van der Waals surface area (Å²) < 4.78 is 5.45. The fourth-order valence-electron chi connectivity index (χ4n) is 2.08. The molecule has 98 valence electrons. The molecule has 18 heavy (non-hydrogen) atoms. The Balaban J connectivity index is 2.30. The molecule has 1 aromatic rings. The molecule has 2 N–H and O–H groups in total. The van der Waals surface area contributed by atoms with E-state index in [9.17, 15) is 15.0 Å². The van der Waals surface area contributed by atoms with Crippen molar-refractivity contribution in [3.05, 3.63) is 23.8 Å². The zero-order valence-corrected chi connectivity index (χ0v) is 10.5. The van der Waals surface area contributed by atoms with E-state index < -0.39 is 0 Å². The molecule has 1 heterocycles. The third-order valence-corrected chi connectivity index (χ3v) is 3.10. The molecule has 5 nitrogen and oxygen atoms in total. The van der Waals surface area contributed by atoms with Crippen LogP contribution >= 0.6 is 0 Å². The molecule has 0 aliphatic carbocycles. The minimum atomic E-state index is -0.367. The maximum atomic E-state index is 12.3. The maximum Gasteiger partial charge on any atom is 0.261 e. The molecule has 0 saturated carbocycles. The number of phenols is 2. The lowest BCUT2D eigenvalue weighted by Gasteiger charge is -2.37. The Hall–Kier alpha value is -1.75. The van der Waals surface area contributed by atoms with Gasteiger partial charge in [-0.1, -0.05) is 6.07 Å². The van der Waals surface area contributed by atoms with E-state index in [1.54, 1.807) is 4.90 Å². The van der Waals surface area contributed by atoms with Crippen LogP contribution in [0.5, 0.6) is 11.5 Å². The molecule has 5 heteroatoms. The number of hydrogen-bond donors (Lipinski definition) is 2. The van der Waals surface area contributed by atoms with Crippen LogP contribution in [0.2, 0.25) is 0 Å². The monoisotopic (exact) mass is 251 g/mol. The second kappa shape index (κ2) is 4.86. The van der Waals surface area contributed by atoms with Gasteiger partial charge in [-0.15, -0.1) is 0 Å². The van der Waals surface area contributed by atoms with Gasteiger partial charge in [0, 0.05) is 6.54 Å². The fourth-order valence-corrected chi connectivity index (χ4v) is 2.08. The Morgan fingerprint density at radius 1 is 1.33 bits per heavy atom. The molecule has 2 unspecified atom stereocenters. The number of hydrogen-bond acceptors (Lipinski definition) is 4. The molecule has 0 bridgehead atoms. The molecule has 1 aromatic carbocycles. The van der Waals surface area contributed by atoms with Crippen molar-refractivity contribution in [1.29, 1.82) is 0 Å². The van der Waals surface area contributed by atoms with Crippen LogP contribution in [0.4, 0.5) is 0 Å². The van der Waals surface area contributed by atoms with Gasteiger partial charge in [0.1, 0.15) is 17.1 Å². The van der Waals surface area contributed by atoms with Gasteiger partial charge >= 0.3 is 0 Å². The van der Waals surface area contributed by atoms with E-state index in [1.165, 1.54) is 18.2 Å². The lowest BCUT2D eigenvalue weighted by atomic mass is 10.1. The van der Waals surface area contributed by atoms with Gasteiger partial charge in [-0.2, -0.15) is 0 Å². The number of ether oxygens (including phenoxy) is 1. The second-order valence-corrected chi connectivity index (χ2v) is 4.62. The number of nitrogens with zero attached hydrogens (tertiary/aromatic N) is 1. The number of benzene rings is 1. The summed E-state index contributed by atoms with van der Waals surface area (Å²) in [6.07, 6.45) is -0.0434. The largest absolute Gasteiger partial charge is 0.507 e. The summed E-state index contributed by atoms with van der Waals surface area (Å²) in [5.74, 6) is -0.772. The van der Waals surface area contributed by atoms with Crippen LogP contribution in [0.1, 0.15) is 24.2 Å². The molecule has 0 spiro atoms. The summed E-state index contributed by atoms with van der Waals surface area (Å²) in [5.41, 5.74) is -0.0431. The van der Waals surface area contributed by atoms with Crippen molar-refractivity contribution < 1.29 is 19.7 Å². The van der Waals surface area contributed by atoms with Crippen LogP contribution in [0, 0.1) is 0 Å². The van der Waals surface area contributed by atoms with Gasteiger partial charge in [0.2, 0.25) is 0 Å². The normalized spacial score (nSPS) is 24.0. The van der Waals surface area contributed by atoms with Crippen LogP contribution in [-0.4, -0.2) is 46.3 Å². The van der Waals surface area contributed by atoms with Crippen LogP contribution in [0.15, 0.2) is 18.2 Å². The number of phenolic OH excluding ortho intramolecular Hbond substituents is 2. The number of carbonyl (C=O) groups excluding carboxylic acids is 1. The van der Waals surface area contributed by atoms with Crippen molar-refractivity contribution in [3.8, 4) is 11.5 Å². The first-order valence-corrected chi connectivity index (χ1v) is 5.94. The molecular weight excluding hydrogens is 234 g/mol. The number of rotatable bonds is 1. The van der Waals surface area contributed by atoms with E-state index in [0.717, 1.165) is 0 Å². The smallest absolute Gasteiger partial charge is 0.261 e. The molecule has 0 radical (unpaired) electrons. The van der Waals surface area contributed by atoms with Crippen LogP contribution in [-0.2, 0) is 4.74 Å². The second-order valence-electron chi connectivity index (χ2n) is 4.62. The van der Waals surface area contributed by atoms with Gasteiger partial charge in [-0.05, 0) is 26.0 Å². The highest BCUT2D eigenvalue weighted by Crippen LogP contribution is 2.29. The Morgan fingerprint density at radius 2 is 1.94 bits per heavy atom. The molecule has 1 amide bonds. The Kier molecular flexibility index (Phi) is 3.43. The number of morpholine rings is 1.